The monoisotopic (exact) mass is 594 g/mol. The Kier molecular flexibility index (Phi) is 7.61. The lowest BCUT2D eigenvalue weighted by molar-refractivity contribution is 0.102. The van der Waals surface area contributed by atoms with Gasteiger partial charge in [-0.05, 0) is 72.1 Å². The number of aryl methyl sites for hydroxylation is 1. The van der Waals surface area contributed by atoms with Gasteiger partial charge in [-0.2, -0.15) is 5.21 Å². The van der Waals surface area contributed by atoms with Crippen molar-refractivity contribution in [2.24, 2.45) is 18.4 Å². The molecule has 2 heterocycles. The molecule has 0 bridgehead atoms. The van der Waals surface area contributed by atoms with Gasteiger partial charge in [-0.15, -0.1) is 5.10 Å². The van der Waals surface area contributed by atoms with Gasteiger partial charge < -0.3 is 14.2 Å². The number of imidazole rings is 1. The van der Waals surface area contributed by atoms with Crippen molar-refractivity contribution in [1.29, 1.82) is 0 Å². The fourth-order valence-corrected chi connectivity index (χ4v) is 6.06. The molecule has 39 heavy (non-hydrogen) atoms. The fraction of sp³-hybridized carbons (Fsp3) is 0.464. The molecule has 0 saturated heterocycles. The molecule has 11 heteroatoms. The number of aromatic amines is 1. The quantitative estimate of drug-likeness (QED) is 0.281. The zero-order valence-electron chi connectivity index (χ0n) is 23.0. The van der Waals surface area contributed by atoms with Crippen molar-refractivity contribution in [2.45, 2.75) is 59.0 Å². The standard InChI is InChI=1S/C28H35BrN8O2/c1-28(2,3)19-8-10-20(11-9-19)37(27-30-23-15-21(39-5)12-13-24(23)36(27)4)16-18-7-6-17(14-22(18)29)25(38)31-26-32-34-35-33-26/h6-7,12-15,19-20H,8-11,16H2,1-5H3,(H2,31,32,33,34,35,38). The summed E-state index contributed by atoms with van der Waals surface area (Å²) in [6, 6.07) is 12.0. The van der Waals surface area contributed by atoms with Gasteiger partial charge in [-0.1, -0.05) is 47.9 Å². The van der Waals surface area contributed by atoms with E-state index in [1.807, 2.05) is 30.3 Å². The van der Waals surface area contributed by atoms with Crippen LogP contribution in [0.25, 0.3) is 11.0 Å². The number of tetrazole rings is 1. The number of amides is 1. The average molecular weight is 596 g/mol. The SMILES string of the molecule is COc1ccc2c(c1)nc(N(Cc1ccc(C(=O)Nc3nn[nH]n3)cc1Br)C1CCC(C(C)(C)C)CC1)n2C. The third-order valence-electron chi connectivity index (χ3n) is 7.91. The molecule has 1 aliphatic carbocycles. The first-order valence-corrected chi connectivity index (χ1v) is 14.0. The summed E-state index contributed by atoms with van der Waals surface area (Å²) in [6.07, 6.45) is 4.60. The number of methoxy groups -OCH3 is 1. The zero-order chi connectivity index (χ0) is 27.7. The van der Waals surface area contributed by atoms with E-state index in [1.54, 1.807) is 7.11 Å². The Bertz CT molecular complexity index is 1450. The molecule has 0 aliphatic heterocycles. The molecule has 10 nitrogen and oxygen atoms in total. The lowest BCUT2D eigenvalue weighted by Crippen LogP contribution is -2.41. The van der Waals surface area contributed by atoms with Gasteiger partial charge in [0.15, 0.2) is 0 Å². The maximum atomic E-state index is 12.7. The normalized spacial score (nSPS) is 17.8. The van der Waals surface area contributed by atoms with Crippen molar-refractivity contribution in [3.63, 3.8) is 0 Å². The van der Waals surface area contributed by atoms with E-state index in [0.29, 0.717) is 29.5 Å². The van der Waals surface area contributed by atoms with E-state index < -0.39 is 0 Å². The van der Waals surface area contributed by atoms with Crippen LogP contribution >= 0.6 is 15.9 Å². The molecule has 1 amide bonds. The highest BCUT2D eigenvalue weighted by atomic mass is 79.9. The maximum absolute atomic E-state index is 12.7. The summed E-state index contributed by atoms with van der Waals surface area (Å²) in [6.45, 7) is 7.71. The lowest BCUT2D eigenvalue weighted by atomic mass is 9.71. The number of nitrogens with zero attached hydrogens (tertiary/aromatic N) is 6. The molecular weight excluding hydrogens is 560 g/mol. The summed E-state index contributed by atoms with van der Waals surface area (Å²) < 4.78 is 8.48. The summed E-state index contributed by atoms with van der Waals surface area (Å²) in [5.41, 5.74) is 3.86. The van der Waals surface area contributed by atoms with Crippen LogP contribution in [-0.4, -0.2) is 49.2 Å². The van der Waals surface area contributed by atoms with Gasteiger partial charge in [0.2, 0.25) is 5.95 Å². The molecule has 2 N–H and O–H groups in total. The van der Waals surface area contributed by atoms with Gasteiger partial charge >= 0.3 is 0 Å². The van der Waals surface area contributed by atoms with Crippen LogP contribution in [0.5, 0.6) is 5.75 Å². The molecule has 0 atom stereocenters. The third kappa shape index (κ3) is 5.78. The average Bonchev–Trinajstić information content (AvgIpc) is 3.54. The van der Waals surface area contributed by atoms with Crippen molar-refractivity contribution in [3.05, 3.63) is 52.0 Å². The Morgan fingerprint density at radius 2 is 1.95 bits per heavy atom. The molecule has 4 aromatic rings. The van der Waals surface area contributed by atoms with E-state index in [1.165, 1.54) is 12.8 Å². The second-order valence-corrected chi connectivity index (χ2v) is 12.2. The molecule has 1 aliphatic rings. The van der Waals surface area contributed by atoms with Crippen molar-refractivity contribution in [2.75, 3.05) is 17.3 Å². The lowest BCUT2D eigenvalue weighted by Gasteiger charge is -2.41. The number of nitrogens with one attached hydrogen (secondary N) is 2. The Labute approximate surface area is 236 Å². The number of aromatic nitrogens is 6. The fourth-order valence-electron chi connectivity index (χ4n) is 5.56. The van der Waals surface area contributed by atoms with Crippen LogP contribution in [0.2, 0.25) is 0 Å². The Morgan fingerprint density at radius 3 is 2.59 bits per heavy atom. The van der Waals surface area contributed by atoms with Crippen molar-refractivity contribution < 1.29 is 9.53 Å². The van der Waals surface area contributed by atoms with Crippen LogP contribution in [0.15, 0.2) is 40.9 Å². The number of ether oxygens (including phenoxy) is 1. The predicted molar refractivity (Wildman–Crippen MR) is 155 cm³/mol. The highest BCUT2D eigenvalue weighted by molar-refractivity contribution is 9.10. The summed E-state index contributed by atoms with van der Waals surface area (Å²) in [7, 11) is 3.75. The second kappa shape index (κ2) is 11.0. The van der Waals surface area contributed by atoms with Crippen LogP contribution in [0.3, 0.4) is 0 Å². The molecule has 2 aromatic carbocycles. The van der Waals surface area contributed by atoms with Crippen LogP contribution in [0.4, 0.5) is 11.9 Å². The number of hydrogen-bond donors (Lipinski definition) is 2. The third-order valence-corrected chi connectivity index (χ3v) is 8.65. The van der Waals surface area contributed by atoms with Gasteiger partial charge in [0.25, 0.3) is 11.9 Å². The summed E-state index contributed by atoms with van der Waals surface area (Å²) in [5, 5.41) is 16.0. The van der Waals surface area contributed by atoms with E-state index in [0.717, 1.165) is 45.6 Å². The Balaban J connectivity index is 1.45. The van der Waals surface area contributed by atoms with Crippen molar-refractivity contribution >= 4 is 44.8 Å². The molecule has 1 saturated carbocycles. The number of halogens is 1. The van der Waals surface area contributed by atoms with E-state index in [9.17, 15) is 4.79 Å². The highest BCUT2D eigenvalue weighted by Gasteiger charge is 2.33. The van der Waals surface area contributed by atoms with Crippen LogP contribution in [-0.2, 0) is 13.6 Å². The van der Waals surface area contributed by atoms with E-state index >= 15 is 0 Å². The molecular formula is C28H35BrN8O2. The smallest absolute Gasteiger partial charge is 0.270 e. The number of rotatable bonds is 7. The zero-order valence-corrected chi connectivity index (χ0v) is 24.6. The number of carbonyl (C=O) groups is 1. The molecule has 0 unspecified atom stereocenters. The minimum absolute atomic E-state index is 0.135. The number of hydrogen-bond acceptors (Lipinski definition) is 7. The van der Waals surface area contributed by atoms with E-state index in [4.69, 9.17) is 9.72 Å². The number of carbonyl (C=O) groups excluding carboxylic acids is 1. The van der Waals surface area contributed by atoms with Gasteiger partial charge in [0.05, 0.1) is 18.1 Å². The minimum atomic E-state index is -0.301. The first-order valence-electron chi connectivity index (χ1n) is 13.2. The van der Waals surface area contributed by atoms with Gasteiger partial charge in [-0.25, -0.2) is 4.98 Å². The van der Waals surface area contributed by atoms with Gasteiger partial charge in [0.1, 0.15) is 5.75 Å². The molecule has 206 valence electrons. The number of H-pyrrole nitrogens is 1. The maximum Gasteiger partial charge on any atom is 0.270 e. The molecule has 0 spiro atoms. The van der Waals surface area contributed by atoms with Crippen LogP contribution in [0.1, 0.15) is 62.4 Å². The Hall–Kier alpha value is -3.47. The van der Waals surface area contributed by atoms with Crippen molar-refractivity contribution in [3.8, 4) is 5.75 Å². The second-order valence-electron chi connectivity index (χ2n) is 11.3. The van der Waals surface area contributed by atoms with Gasteiger partial charge in [-0.3, -0.25) is 10.1 Å². The van der Waals surface area contributed by atoms with E-state index in [-0.39, 0.29) is 11.9 Å². The first-order chi connectivity index (χ1) is 18.6. The van der Waals surface area contributed by atoms with Crippen LogP contribution in [0, 0.1) is 11.3 Å². The van der Waals surface area contributed by atoms with E-state index in [2.05, 4.69) is 85.2 Å². The highest BCUT2D eigenvalue weighted by Crippen LogP contribution is 2.41. The first kappa shape index (κ1) is 27.1. The Morgan fingerprint density at radius 1 is 1.18 bits per heavy atom. The molecule has 5 rings (SSSR count). The molecule has 1 fully saturated rings. The summed E-state index contributed by atoms with van der Waals surface area (Å²) >= 11 is 3.73. The summed E-state index contributed by atoms with van der Waals surface area (Å²) in [4.78, 5) is 20.2. The summed E-state index contributed by atoms with van der Waals surface area (Å²) in [5.74, 6) is 2.27. The molecule has 0 radical (unpaired) electrons. The number of anilines is 2. The van der Waals surface area contributed by atoms with Crippen LogP contribution < -0.4 is 15.0 Å². The van der Waals surface area contributed by atoms with Crippen molar-refractivity contribution in [1.82, 2.24) is 30.2 Å². The number of fused-ring (bicyclic) bond motifs is 1. The molecule has 2 aromatic heterocycles. The largest absolute Gasteiger partial charge is 0.497 e. The van der Waals surface area contributed by atoms with Gasteiger partial charge in [0, 0.05) is 35.7 Å². The predicted octanol–water partition coefficient (Wildman–Crippen LogP) is 5.72. The topological polar surface area (TPSA) is 114 Å². The minimum Gasteiger partial charge on any atom is -0.497 e. The number of benzene rings is 2.